The molecule has 3 heterocycles. The van der Waals surface area contributed by atoms with Gasteiger partial charge in [0.25, 0.3) is 0 Å². The second kappa shape index (κ2) is 10.9. The molecule has 1 aliphatic carbocycles. The summed E-state index contributed by atoms with van der Waals surface area (Å²) in [6, 6.07) is 8.73. The molecule has 3 aromatic heterocycles. The van der Waals surface area contributed by atoms with E-state index >= 15 is 0 Å². The number of anilines is 1. The fourth-order valence-corrected chi connectivity index (χ4v) is 4.28. The van der Waals surface area contributed by atoms with Crippen LogP contribution in [-0.2, 0) is 17.9 Å². The van der Waals surface area contributed by atoms with E-state index in [9.17, 15) is 41.0 Å². The van der Waals surface area contributed by atoms with Gasteiger partial charge in [-0.05, 0) is 42.8 Å². The van der Waals surface area contributed by atoms with Gasteiger partial charge in [0.1, 0.15) is 18.6 Å². The molecule has 2 N–H and O–H groups in total. The molecule has 0 spiro atoms. The number of benzene rings is 1. The van der Waals surface area contributed by atoms with Gasteiger partial charge in [-0.1, -0.05) is 11.6 Å². The molecule has 1 saturated carbocycles. The second-order valence-electron chi connectivity index (χ2n) is 9.39. The lowest BCUT2D eigenvalue weighted by molar-refractivity contribution is -0.207. The summed E-state index contributed by atoms with van der Waals surface area (Å²) in [4.78, 5) is 33.5. The van der Waals surface area contributed by atoms with Crippen LogP contribution in [-0.4, -0.2) is 63.6 Å². The fraction of sp³-hybridized carbons (Fsp3) is 0.333. The Kier molecular flexibility index (Phi) is 7.57. The zero-order valence-electron chi connectivity index (χ0n) is 21.0. The SMILES string of the molecule is O=C(Nc1ncccc1-n1cnc(Cn2nc(-c3ccc(Cl)cc3)n(C[C@H](O)C(F)(F)F)c2=O)n1)C1CC1C(F)(F)F. The molecule has 4 aromatic rings. The van der Waals surface area contributed by atoms with Gasteiger partial charge in [0.15, 0.2) is 23.6 Å². The van der Waals surface area contributed by atoms with E-state index in [1.165, 1.54) is 48.9 Å². The first-order valence-electron chi connectivity index (χ1n) is 12.1. The molecule has 0 bridgehead atoms. The number of rotatable bonds is 8. The molecule has 2 unspecified atom stereocenters. The van der Waals surface area contributed by atoms with Crippen LogP contribution >= 0.6 is 11.6 Å². The van der Waals surface area contributed by atoms with E-state index in [0.29, 0.717) is 9.59 Å². The van der Waals surface area contributed by atoms with Crippen molar-refractivity contribution in [3.8, 4) is 17.1 Å². The van der Waals surface area contributed by atoms with Gasteiger partial charge < -0.3 is 10.4 Å². The minimum Gasteiger partial charge on any atom is -0.382 e. The van der Waals surface area contributed by atoms with Gasteiger partial charge in [0, 0.05) is 16.8 Å². The smallest absolute Gasteiger partial charge is 0.382 e. The van der Waals surface area contributed by atoms with Crippen LogP contribution in [0.1, 0.15) is 12.2 Å². The maximum absolute atomic E-state index is 13.1. The van der Waals surface area contributed by atoms with Crippen molar-refractivity contribution in [1.82, 2.24) is 34.1 Å². The molecule has 0 saturated heterocycles. The maximum Gasteiger partial charge on any atom is 0.416 e. The summed E-state index contributed by atoms with van der Waals surface area (Å²) >= 11 is 5.89. The van der Waals surface area contributed by atoms with E-state index in [1.54, 1.807) is 0 Å². The van der Waals surface area contributed by atoms with Gasteiger partial charge in [-0.15, -0.1) is 10.2 Å². The highest BCUT2D eigenvalue weighted by Crippen LogP contribution is 2.50. The van der Waals surface area contributed by atoms with E-state index in [2.05, 4.69) is 25.5 Å². The third-order valence-electron chi connectivity index (χ3n) is 6.41. The topological polar surface area (TPSA) is 133 Å². The average Bonchev–Trinajstić information content (AvgIpc) is 3.54. The van der Waals surface area contributed by atoms with Crippen LogP contribution in [0.5, 0.6) is 0 Å². The molecule has 1 aromatic carbocycles. The maximum atomic E-state index is 13.1. The lowest BCUT2D eigenvalue weighted by atomic mass is 10.2. The molecule has 5 rings (SSSR count). The number of hydrogen-bond acceptors (Lipinski definition) is 7. The predicted molar refractivity (Wildman–Crippen MR) is 134 cm³/mol. The van der Waals surface area contributed by atoms with Gasteiger partial charge in [-0.25, -0.2) is 24.1 Å². The number of alkyl halides is 6. The number of aliphatic hydroxyl groups excluding tert-OH is 1. The van der Waals surface area contributed by atoms with Gasteiger partial charge in [-0.3, -0.25) is 9.36 Å². The molecule has 1 amide bonds. The van der Waals surface area contributed by atoms with Crippen molar-refractivity contribution in [2.24, 2.45) is 11.8 Å². The van der Waals surface area contributed by atoms with Crippen molar-refractivity contribution in [2.45, 2.75) is 38.0 Å². The summed E-state index contributed by atoms with van der Waals surface area (Å²) in [5.41, 5.74) is -0.582. The number of hydrogen-bond donors (Lipinski definition) is 2. The predicted octanol–water partition coefficient (Wildman–Crippen LogP) is 3.45. The molecular formula is C24H19ClF6N8O3. The van der Waals surface area contributed by atoms with Gasteiger partial charge in [0.05, 0.1) is 18.4 Å². The minimum atomic E-state index is -5.00. The van der Waals surface area contributed by atoms with Crippen LogP contribution < -0.4 is 11.0 Å². The summed E-state index contributed by atoms with van der Waals surface area (Å²) in [6.07, 6.45) is -10.2. The average molecular weight is 617 g/mol. The van der Waals surface area contributed by atoms with Crippen LogP contribution in [0.4, 0.5) is 32.2 Å². The lowest BCUT2D eigenvalue weighted by Crippen LogP contribution is -2.37. The van der Waals surface area contributed by atoms with Crippen LogP contribution in [0.3, 0.4) is 0 Å². The summed E-state index contributed by atoms with van der Waals surface area (Å²) in [6.45, 7) is -1.53. The van der Waals surface area contributed by atoms with Crippen molar-refractivity contribution < 1.29 is 36.2 Å². The highest BCUT2D eigenvalue weighted by molar-refractivity contribution is 6.30. The zero-order valence-corrected chi connectivity index (χ0v) is 21.8. The second-order valence-corrected chi connectivity index (χ2v) is 9.83. The molecule has 18 heteroatoms. The molecule has 0 aliphatic heterocycles. The van der Waals surface area contributed by atoms with E-state index < -0.39 is 55.0 Å². The summed E-state index contributed by atoms with van der Waals surface area (Å²) in [5.74, 6) is -4.10. The zero-order chi connectivity index (χ0) is 30.4. The Balaban J connectivity index is 1.40. The van der Waals surface area contributed by atoms with E-state index in [4.69, 9.17) is 11.6 Å². The summed E-state index contributed by atoms with van der Waals surface area (Å²) in [7, 11) is 0. The molecule has 222 valence electrons. The first kappa shape index (κ1) is 29.2. The molecule has 3 atom stereocenters. The van der Waals surface area contributed by atoms with E-state index in [-0.39, 0.29) is 35.1 Å². The Hall–Kier alpha value is -4.25. The highest BCUT2D eigenvalue weighted by atomic mass is 35.5. The number of aliphatic hydroxyl groups is 1. The standard InChI is InChI=1S/C24H19ClF6N8O3/c25-13-5-3-12(4-6-13)20-36-38(22(42)37(20)9-17(40)24(29,30)31)10-18-33-11-39(35-18)16-2-1-7-32-19(16)34-21(41)14-8-15(14)23(26,27)28/h1-7,11,14-15,17,40H,8-10H2,(H,32,34,41)/t14?,15?,17-/m0/s1. The van der Waals surface area contributed by atoms with Gasteiger partial charge >= 0.3 is 18.0 Å². The van der Waals surface area contributed by atoms with Gasteiger partial charge in [0.2, 0.25) is 5.91 Å². The highest BCUT2D eigenvalue weighted by Gasteiger charge is 2.59. The Morgan fingerprint density at radius 2 is 1.81 bits per heavy atom. The monoisotopic (exact) mass is 616 g/mol. The third-order valence-corrected chi connectivity index (χ3v) is 6.66. The normalized spacial score (nSPS) is 17.7. The van der Waals surface area contributed by atoms with Crippen molar-refractivity contribution >= 4 is 23.3 Å². The minimum absolute atomic E-state index is 0.0266. The van der Waals surface area contributed by atoms with Crippen LogP contribution in [0.25, 0.3) is 17.1 Å². The van der Waals surface area contributed by atoms with Crippen molar-refractivity contribution in [1.29, 1.82) is 0 Å². The number of nitrogens with one attached hydrogen (secondary N) is 1. The lowest BCUT2D eigenvalue weighted by Gasteiger charge is -2.15. The van der Waals surface area contributed by atoms with Gasteiger partial charge in [-0.2, -0.15) is 26.3 Å². The Morgan fingerprint density at radius 1 is 1.10 bits per heavy atom. The summed E-state index contributed by atoms with van der Waals surface area (Å²) < 4.78 is 80.5. The molecule has 11 nitrogen and oxygen atoms in total. The summed E-state index contributed by atoms with van der Waals surface area (Å²) in [5, 5.41) is 20.7. The number of pyridine rings is 1. The number of carbonyl (C=O) groups excluding carboxylic acids is 1. The molecule has 1 fully saturated rings. The Bertz CT molecular complexity index is 1660. The fourth-order valence-electron chi connectivity index (χ4n) is 4.15. The van der Waals surface area contributed by atoms with Crippen molar-refractivity contribution in [3.05, 3.63) is 70.3 Å². The van der Waals surface area contributed by atoms with Crippen LogP contribution in [0.2, 0.25) is 5.02 Å². The van der Waals surface area contributed by atoms with Crippen molar-refractivity contribution in [2.75, 3.05) is 5.32 Å². The Morgan fingerprint density at radius 3 is 2.45 bits per heavy atom. The Labute approximate surface area is 236 Å². The number of halogens is 7. The van der Waals surface area contributed by atoms with E-state index in [1.807, 2.05) is 0 Å². The molecule has 42 heavy (non-hydrogen) atoms. The quantitative estimate of drug-likeness (QED) is 0.290. The number of aromatic nitrogens is 7. The van der Waals surface area contributed by atoms with Crippen LogP contribution in [0.15, 0.2) is 53.7 Å². The largest absolute Gasteiger partial charge is 0.416 e. The number of carbonyl (C=O) groups is 1. The number of amides is 1. The molecule has 1 aliphatic rings. The van der Waals surface area contributed by atoms with Crippen LogP contribution in [0, 0.1) is 11.8 Å². The van der Waals surface area contributed by atoms with Crippen molar-refractivity contribution in [3.63, 3.8) is 0 Å². The third kappa shape index (κ3) is 6.15. The first-order chi connectivity index (χ1) is 19.7. The molecular weight excluding hydrogens is 598 g/mol. The van der Waals surface area contributed by atoms with E-state index in [0.717, 1.165) is 9.36 Å². The first-order valence-corrected chi connectivity index (χ1v) is 12.5. The number of nitrogens with zero attached hydrogens (tertiary/aromatic N) is 7. The molecule has 0 radical (unpaired) electrons.